The van der Waals surface area contributed by atoms with Crippen LogP contribution in [0.2, 0.25) is 0 Å². The fourth-order valence-electron chi connectivity index (χ4n) is 3.48. The summed E-state index contributed by atoms with van der Waals surface area (Å²) in [6.45, 7) is 2.43. The lowest BCUT2D eigenvalue weighted by Crippen LogP contribution is -2.28. The lowest BCUT2D eigenvalue weighted by molar-refractivity contribution is -0.122. The standard InChI is InChI=1S/C22H26N2O4S/c1-3-4-7-16-10-12-18(13-11-16)24-15-17(14-21(24)25)22(26)23-19-8-5-6-9-20(19)29(2,27)28/h5-6,8-13,17H,3-4,7,14-15H2,1-2H3,(H,23,26). The normalized spacial score (nSPS) is 16.8. The molecule has 1 aliphatic rings. The average Bonchev–Trinajstić information content (AvgIpc) is 3.08. The van der Waals surface area contributed by atoms with Crippen LogP contribution in [-0.2, 0) is 25.8 Å². The summed E-state index contributed by atoms with van der Waals surface area (Å²) in [6.07, 6.45) is 4.47. The molecule has 1 aliphatic heterocycles. The number of unbranched alkanes of at least 4 members (excludes halogenated alkanes) is 1. The maximum Gasteiger partial charge on any atom is 0.229 e. The highest BCUT2D eigenvalue weighted by molar-refractivity contribution is 7.90. The molecule has 0 radical (unpaired) electrons. The molecule has 2 amide bonds. The number of para-hydroxylation sites is 1. The molecule has 1 fully saturated rings. The summed E-state index contributed by atoms with van der Waals surface area (Å²) in [5, 5.41) is 2.69. The smallest absolute Gasteiger partial charge is 0.229 e. The number of aryl methyl sites for hydroxylation is 1. The molecular weight excluding hydrogens is 388 g/mol. The first kappa shape index (κ1) is 21.0. The number of hydrogen-bond acceptors (Lipinski definition) is 4. The summed E-state index contributed by atoms with van der Waals surface area (Å²) in [4.78, 5) is 26.9. The van der Waals surface area contributed by atoms with E-state index in [1.165, 1.54) is 11.6 Å². The van der Waals surface area contributed by atoms with Crippen LogP contribution in [0.4, 0.5) is 11.4 Å². The number of amides is 2. The maximum absolute atomic E-state index is 12.7. The minimum atomic E-state index is -3.47. The summed E-state index contributed by atoms with van der Waals surface area (Å²) in [7, 11) is -3.47. The van der Waals surface area contributed by atoms with Gasteiger partial charge in [0.25, 0.3) is 0 Å². The Labute approximate surface area is 171 Å². The molecule has 2 aromatic rings. The lowest BCUT2D eigenvalue weighted by atomic mass is 10.1. The van der Waals surface area contributed by atoms with Crippen LogP contribution in [0, 0.1) is 5.92 Å². The molecule has 154 valence electrons. The first-order valence-corrected chi connectivity index (χ1v) is 11.7. The molecule has 29 heavy (non-hydrogen) atoms. The van der Waals surface area contributed by atoms with Gasteiger partial charge in [0, 0.05) is 24.9 Å². The van der Waals surface area contributed by atoms with Gasteiger partial charge in [0.1, 0.15) is 0 Å². The van der Waals surface area contributed by atoms with Crippen molar-refractivity contribution in [1.29, 1.82) is 0 Å². The van der Waals surface area contributed by atoms with Crippen molar-refractivity contribution in [3.63, 3.8) is 0 Å². The fourth-order valence-corrected chi connectivity index (χ4v) is 4.33. The molecule has 0 aliphatic carbocycles. The van der Waals surface area contributed by atoms with E-state index >= 15 is 0 Å². The number of carbonyl (C=O) groups excluding carboxylic acids is 2. The summed E-state index contributed by atoms with van der Waals surface area (Å²) < 4.78 is 23.9. The van der Waals surface area contributed by atoms with Crippen molar-refractivity contribution >= 4 is 33.0 Å². The highest BCUT2D eigenvalue weighted by Gasteiger charge is 2.35. The molecule has 1 heterocycles. The monoisotopic (exact) mass is 414 g/mol. The maximum atomic E-state index is 12.7. The number of nitrogens with zero attached hydrogens (tertiary/aromatic N) is 1. The van der Waals surface area contributed by atoms with E-state index in [0.29, 0.717) is 0 Å². The zero-order valence-electron chi connectivity index (χ0n) is 16.7. The van der Waals surface area contributed by atoms with Crippen molar-refractivity contribution < 1.29 is 18.0 Å². The van der Waals surface area contributed by atoms with Crippen LogP contribution < -0.4 is 10.2 Å². The number of anilines is 2. The van der Waals surface area contributed by atoms with Crippen LogP contribution in [0.25, 0.3) is 0 Å². The van der Waals surface area contributed by atoms with Gasteiger partial charge in [0.15, 0.2) is 9.84 Å². The first-order chi connectivity index (χ1) is 13.8. The summed E-state index contributed by atoms with van der Waals surface area (Å²) in [5.41, 5.74) is 2.25. The number of sulfone groups is 1. The van der Waals surface area contributed by atoms with Crippen LogP contribution in [0.3, 0.4) is 0 Å². The second kappa shape index (κ2) is 8.78. The predicted molar refractivity (Wildman–Crippen MR) is 114 cm³/mol. The fraction of sp³-hybridized carbons (Fsp3) is 0.364. The third-order valence-electron chi connectivity index (χ3n) is 5.11. The third kappa shape index (κ3) is 5.03. The van der Waals surface area contributed by atoms with E-state index < -0.39 is 15.8 Å². The van der Waals surface area contributed by atoms with Crippen LogP contribution in [0.1, 0.15) is 31.7 Å². The van der Waals surface area contributed by atoms with Gasteiger partial charge in [-0.2, -0.15) is 0 Å². The lowest BCUT2D eigenvalue weighted by Gasteiger charge is -2.17. The van der Waals surface area contributed by atoms with Crippen LogP contribution in [0.5, 0.6) is 0 Å². The van der Waals surface area contributed by atoms with Gasteiger partial charge in [-0.15, -0.1) is 0 Å². The Bertz CT molecular complexity index is 1000. The van der Waals surface area contributed by atoms with Gasteiger partial charge in [0.2, 0.25) is 11.8 Å². The van der Waals surface area contributed by atoms with E-state index in [4.69, 9.17) is 0 Å². The van der Waals surface area contributed by atoms with Crippen molar-refractivity contribution in [3.05, 3.63) is 54.1 Å². The van der Waals surface area contributed by atoms with Gasteiger partial charge in [-0.05, 0) is 42.7 Å². The van der Waals surface area contributed by atoms with E-state index in [1.807, 2.05) is 24.3 Å². The first-order valence-electron chi connectivity index (χ1n) is 9.79. The van der Waals surface area contributed by atoms with Crippen LogP contribution in [-0.4, -0.2) is 33.0 Å². The largest absolute Gasteiger partial charge is 0.325 e. The molecule has 0 saturated carbocycles. The van der Waals surface area contributed by atoms with E-state index in [1.54, 1.807) is 23.1 Å². The Morgan fingerprint density at radius 3 is 2.48 bits per heavy atom. The average molecular weight is 415 g/mol. The summed E-state index contributed by atoms with van der Waals surface area (Å²) in [6, 6.07) is 14.2. The van der Waals surface area contributed by atoms with E-state index in [-0.39, 0.29) is 35.4 Å². The molecule has 6 nitrogen and oxygen atoms in total. The van der Waals surface area contributed by atoms with Crippen molar-refractivity contribution in [2.24, 2.45) is 5.92 Å². The molecule has 7 heteroatoms. The highest BCUT2D eigenvalue weighted by atomic mass is 32.2. The van der Waals surface area contributed by atoms with Crippen molar-refractivity contribution in [2.75, 3.05) is 23.0 Å². The summed E-state index contributed by atoms with van der Waals surface area (Å²) >= 11 is 0. The Hall–Kier alpha value is -2.67. The van der Waals surface area contributed by atoms with Crippen LogP contribution in [0.15, 0.2) is 53.4 Å². The minimum absolute atomic E-state index is 0.0668. The number of benzene rings is 2. The Kier molecular flexibility index (Phi) is 6.37. The highest BCUT2D eigenvalue weighted by Crippen LogP contribution is 2.28. The van der Waals surface area contributed by atoms with E-state index in [0.717, 1.165) is 31.2 Å². The Morgan fingerprint density at radius 2 is 1.83 bits per heavy atom. The number of hydrogen-bond donors (Lipinski definition) is 1. The molecule has 2 aromatic carbocycles. The molecule has 1 saturated heterocycles. The van der Waals surface area contributed by atoms with Gasteiger partial charge in [0.05, 0.1) is 16.5 Å². The SMILES string of the molecule is CCCCc1ccc(N2CC(C(=O)Nc3ccccc3S(C)(=O)=O)CC2=O)cc1. The molecular formula is C22H26N2O4S. The number of nitrogens with one attached hydrogen (secondary N) is 1. The van der Waals surface area contributed by atoms with E-state index in [9.17, 15) is 18.0 Å². The van der Waals surface area contributed by atoms with Gasteiger partial charge in [-0.1, -0.05) is 37.6 Å². The quantitative estimate of drug-likeness (QED) is 0.752. The number of carbonyl (C=O) groups is 2. The van der Waals surface area contributed by atoms with Crippen molar-refractivity contribution in [1.82, 2.24) is 0 Å². The second-order valence-electron chi connectivity index (χ2n) is 7.43. The Morgan fingerprint density at radius 1 is 1.14 bits per heavy atom. The molecule has 1 N–H and O–H groups in total. The predicted octanol–water partition coefficient (Wildman–Crippen LogP) is 3.42. The van der Waals surface area contributed by atoms with Gasteiger partial charge >= 0.3 is 0 Å². The van der Waals surface area contributed by atoms with Crippen LogP contribution >= 0.6 is 0 Å². The van der Waals surface area contributed by atoms with E-state index in [2.05, 4.69) is 12.2 Å². The van der Waals surface area contributed by atoms with Gasteiger partial charge < -0.3 is 10.2 Å². The molecule has 0 aromatic heterocycles. The molecule has 1 atom stereocenters. The Balaban J connectivity index is 1.70. The molecule has 0 spiro atoms. The third-order valence-corrected chi connectivity index (χ3v) is 6.26. The zero-order valence-corrected chi connectivity index (χ0v) is 17.5. The van der Waals surface area contributed by atoms with Gasteiger partial charge in [-0.3, -0.25) is 9.59 Å². The van der Waals surface area contributed by atoms with Crippen molar-refractivity contribution in [3.8, 4) is 0 Å². The topological polar surface area (TPSA) is 83.6 Å². The zero-order chi connectivity index (χ0) is 21.0. The number of rotatable bonds is 7. The van der Waals surface area contributed by atoms with Gasteiger partial charge in [-0.25, -0.2) is 8.42 Å². The second-order valence-corrected chi connectivity index (χ2v) is 9.42. The molecule has 1 unspecified atom stereocenters. The molecule has 0 bridgehead atoms. The van der Waals surface area contributed by atoms with Crippen molar-refractivity contribution in [2.45, 2.75) is 37.5 Å². The summed E-state index contributed by atoms with van der Waals surface area (Å²) in [5.74, 6) is -0.991. The molecule has 3 rings (SSSR count). The minimum Gasteiger partial charge on any atom is -0.325 e.